The van der Waals surface area contributed by atoms with Crippen LogP contribution in [0.25, 0.3) is 0 Å². The Labute approximate surface area is 154 Å². The molecule has 4 atom stereocenters. The summed E-state index contributed by atoms with van der Waals surface area (Å²) in [5.41, 5.74) is 0.155. The lowest BCUT2D eigenvalue weighted by molar-refractivity contribution is -0.110. The Bertz CT molecular complexity index is 532. The minimum atomic E-state index is -1.15. The quantitative estimate of drug-likeness (QED) is 0.544. The van der Waals surface area contributed by atoms with Crippen molar-refractivity contribution in [2.75, 3.05) is 0 Å². The highest BCUT2D eigenvalue weighted by Crippen LogP contribution is 2.58. The molecule has 0 aliphatic heterocycles. The molecule has 0 aromatic rings. The first kappa shape index (κ1) is 20.4. The van der Waals surface area contributed by atoms with Crippen molar-refractivity contribution >= 4 is 5.78 Å². The maximum Gasteiger partial charge on any atom is 0.178 e. The third-order valence-electron chi connectivity index (χ3n) is 7.24. The second kappa shape index (κ2) is 8.18. The first-order valence-electron chi connectivity index (χ1n) is 10.3. The molecule has 0 bridgehead atoms. The Kier molecular flexibility index (Phi) is 6.68. The predicted molar refractivity (Wildman–Crippen MR) is 104 cm³/mol. The van der Waals surface area contributed by atoms with Gasteiger partial charge in [0.1, 0.15) is 5.67 Å². The van der Waals surface area contributed by atoms with Crippen molar-refractivity contribution in [1.82, 2.24) is 0 Å². The largest absolute Gasteiger partial charge is 0.290 e. The number of carbonyl (C=O) groups excluding carboxylic acids is 1. The first-order chi connectivity index (χ1) is 11.7. The summed E-state index contributed by atoms with van der Waals surface area (Å²) < 4.78 is 16.1. The summed E-state index contributed by atoms with van der Waals surface area (Å²) in [5.74, 6) is 1.11. The van der Waals surface area contributed by atoms with Gasteiger partial charge in [-0.15, -0.1) is 0 Å². The van der Waals surface area contributed by atoms with Crippen LogP contribution >= 0.6 is 0 Å². The Hall–Kier alpha value is -0.920. The average molecular weight is 349 g/mol. The molecule has 4 unspecified atom stereocenters. The van der Waals surface area contributed by atoms with E-state index in [0.717, 1.165) is 31.3 Å². The average Bonchev–Trinajstić information content (AvgIpc) is 2.54. The lowest BCUT2D eigenvalue weighted by Crippen LogP contribution is -2.51. The van der Waals surface area contributed by atoms with E-state index in [-0.39, 0.29) is 17.1 Å². The summed E-state index contributed by atoms with van der Waals surface area (Å²) in [6.45, 7) is 11.3. The van der Waals surface area contributed by atoms with Crippen molar-refractivity contribution in [3.05, 3.63) is 23.8 Å². The molecule has 25 heavy (non-hydrogen) atoms. The second-order valence-electron chi connectivity index (χ2n) is 9.09. The molecular formula is C23H37FO. The zero-order chi connectivity index (χ0) is 18.7. The minimum Gasteiger partial charge on any atom is -0.290 e. The molecule has 0 spiro atoms. The van der Waals surface area contributed by atoms with E-state index in [9.17, 15) is 4.79 Å². The molecule has 0 N–H and O–H groups in total. The smallest absolute Gasteiger partial charge is 0.178 e. The molecule has 0 aromatic heterocycles. The molecule has 0 saturated heterocycles. The Morgan fingerprint density at radius 2 is 2.04 bits per heavy atom. The Balaban J connectivity index is 2.38. The molecule has 2 rings (SSSR count). The molecule has 2 aliphatic carbocycles. The van der Waals surface area contributed by atoms with Crippen molar-refractivity contribution in [2.45, 2.75) is 91.7 Å². The maximum absolute atomic E-state index is 16.1. The van der Waals surface area contributed by atoms with Crippen LogP contribution in [0.4, 0.5) is 4.39 Å². The molecule has 2 heteroatoms. The Morgan fingerprint density at radius 3 is 2.68 bits per heavy atom. The number of halogens is 1. The monoisotopic (exact) mass is 348 g/mol. The van der Waals surface area contributed by atoms with Gasteiger partial charge in [-0.2, -0.15) is 0 Å². The molecule has 0 radical (unpaired) electrons. The van der Waals surface area contributed by atoms with Gasteiger partial charge < -0.3 is 0 Å². The summed E-state index contributed by atoms with van der Waals surface area (Å²) in [7, 11) is 0. The Morgan fingerprint density at radius 1 is 1.32 bits per heavy atom. The first-order valence-corrected chi connectivity index (χ1v) is 10.3. The SMILES string of the molecule is CCCCC1C2CC/C(C)=C/C(=O)/C=C\CC2(F)CCC1(C)C(C)C. The van der Waals surface area contributed by atoms with Gasteiger partial charge in [0.2, 0.25) is 0 Å². The summed E-state index contributed by atoms with van der Waals surface area (Å²) in [6, 6.07) is 0. The van der Waals surface area contributed by atoms with Gasteiger partial charge in [0, 0.05) is 6.42 Å². The van der Waals surface area contributed by atoms with E-state index >= 15 is 4.39 Å². The highest BCUT2D eigenvalue weighted by Gasteiger charge is 2.54. The fourth-order valence-electron chi connectivity index (χ4n) is 5.17. The number of carbonyl (C=O) groups is 1. The normalized spacial score (nSPS) is 40.3. The number of alkyl halides is 1. The molecule has 0 aromatic carbocycles. The minimum absolute atomic E-state index is 0.00455. The number of hydrogen-bond acceptors (Lipinski definition) is 1. The maximum atomic E-state index is 16.1. The van der Waals surface area contributed by atoms with Crippen molar-refractivity contribution in [3.8, 4) is 0 Å². The second-order valence-corrected chi connectivity index (χ2v) is 9.09. The van der Waals surface area contributed by atoms with Crippen LogP contribution in [0.15, 0.2) is 23.8 Å². The van der Waals surface area contributed by atoms with Crippen molar-refractivity contribution in [3.63, 3.8) is 0 Å². The van der Waals surface area contributed by atoms with Gasteiger partial charge in [0.15, 0.2) is 5.78 Å². The van der Waals surface area contributed by atoms with Gasteiger partial charge in [-0.25, -0.2) is 4.39 Å². The van der Waals surface area contributed by atoms with Crippen molar-refractivity contribution in [1.29, 1.82) is 0 Å². The van der Waals surface area contributed by atoms with Gasteiger partial charge in [0.25, 0.3) is 0 Å². The van der Waals surface area contributed by atoms with E-state index < -0.39 is 5.67 Å². The lowest BCUT2D eigenvalue weighted by atomic mass is 9.51. The molecule has 1 saturated carbocycles. The molecule has 1 fully saturated rings. The third kappa shape index (κ3) is 4.44. The zero-order valence-electron chi connectivity index (χ0n) is 16.9. The van der Waals surface area contributed by atoms with Gasteiger partial charge in [0.05, 0.1) is 0 Å². The van der Waals surface area contributed by atoms with E-state index in [1.165, 1.54) is 12.8 Å². The van der Waals surface area contributed by atoms with Crippen LogP contribution in [-0.2, 0) is 4.79 Å². The molecular weight excluding hydrogens is 311 g/mol. The standard InChI is InChI=1S/C23H37FO/c1-6-7-10-20-21-12-11-18(4)16-19(25)9-8-13-23(21,24)15-14-22(20,5)17(2)3/h8-9,16-17,20-21H,6-7,10-15H2,1-5H3/b9-8-,18-16+. The van der Waals surface area contributed by atoms with Gasteiger partial charge in [-0.3, -0.25) is 4.79 Å². The van der Waals surface area contributed by atoms with Crippen molar-refractivity contribution in [2.24, 2.45) is 23.2 Å². The number of fused-ring (bicyclic) bond motifs is 1. The summed E-state index contributed by atoms with van der Waals surface area (Å²) >= 11 is 0. The summed E-state index contributed by atoms with van der Waals surface area (Å²) in [5, 5.41) is 0. The van der Waals surface area contributed by atoms with Crippen LogP contribution in [-0.4, -0.2) is 11.5 Å². The number of unbranched alkanes of at least 4 members (excludes halogenated alkanes) is 1. The van der Waals surface area contributed by atoms with Crippen LogP contribution in [0, 0.1) is 23.2 Å². The lowest BCUT2D eigenvalue weighted by Gasteiger charge is -2.55. The van der Waals surface area contributed by atoms with Gasteiger partial charge in [-0.1, -0.05) is 52.2 Å². The van der Waals surface area contributed by atoms with E-state index in [1.54, 1.807) is 18.2 Å². The summed E-state index contributed by atoms with van der Waals surface area (Å²) in [6.07, 6.45) is 12.3. The van der Waals surface area contributed by atoms with Gasteiger partial charge >= 0.3 is 0 Å². The molecule has 0 amide bonds. The fraction of sp³-hybridized carbons (Fsp3) is 0.783. The van der Waals surface area contributed by atoms with E-state index in [1.807, 2.05) is 6.92 Å². The number of ketones is 1. The molecule has 0 heterocycles. The van der Waals surface area contributed by atoms with Gasteiger partial charge in [-0.05, 0) is 74.3 Å². The third-order valence-corrected chi connectivity index (χ3v) is 7.24. The predicted octanol–water partition coefficient (Wildman–Crippen LogP) is 6.83. The van der Waals surface area contributed by atoms with Crippen LogP contribution < -0.4 is 0 Å². The van der Waals surface area contributed by atoms with E-state index in [0.29, 0.717) is 24.7 Å². The van der Waals surface area contributed by atoms with Crippen LogP contribution in [0.2, 0.25) is 0 Å². The van der Waals surface area contributed by atoms with Crippen LogP contribution in [0.1, 0.15) is 86.0 Å². The van der Waals surface area contributed by atoms with E-state index in [2.05, 4.69) is 27.7 Å². The molecule has 1 nitrogen and oxygen atoms in total. The van der Waals surface area contributed by atoms with Crippen molar-refractivity contribution < 1.29 is 9.18 Å². The van der Waals surface area contributed by atoms with Crippen LogP contribution in [0.3, 0.4) is 0 Å². The summed E-state index contributed by atoms with van der Waals surface area (Å²) in [4.78, 5) is 11.9. The number of rotatable bonds is 4. The van der Waals surface area contributed by atoms with Crippen LogP contribution in [0.5, 0.6) is 0 Å². The number of allylic oxidation sites excluding steroid dienone is 4. The molecule has 2 aliphatic rings. The highest BCUT2D eigenvalue weighted by atomic mass is 19.1. The fourth-order valence-corrected chi connectivity index (χ4v) is 5.17. The number of hydrogen-bond donors (Lipinski definition) is 0. The van der Waals surface area contributed by atoms with E-state index in [4.69, 9.17) is 0 Å². The molecule has 142 valence electrons. The zero-order valence-corrected chi connectivity index (χ0v) is 16.9. The highest BCUT2D eigenvalue weighted by molar-refractivity contribution is 5.99. The topological polar surface area (TPSA) is 17.1 Å².